The van der Waals surface area contributed by atoms with Gasteiger partial charge < -0.3 is 9.47 Å². The first kappa shape index (κ1) is 19.4. The lowest BCUT2D eigenvalue weighted by atomic mass is 9.69. The SMILES string of the molecule is CC1(OC(=O)C2CCC(OC(=O)C3CC4CC3C3C5C=CC(C5)C43)C2)CCCCC1. The molecular formula is C26H36O4. The molecule has 0 spiro atoms. The molecule has 0 aromatic rings. The van der Waals surface area contributed by atoms with Crippen molar-refractivity contribution in [2.24, 2.45) is 47.3 Å². The summed E-state index contributed by atoms with van der Waals surface area (Å²) in [5.41, 5.74) is -0.279. The van der Waals surface area contributed by atoms with Gasteiger partial charge in [0.25, 0.3) is 0 Å². The highest BCUT2D eigenvalue weighted by Crippen LogP contribution is 2.67. The standard InChI is InChI=1S/C26H36O4/c1-26(9-3-2-4-10-26)30-24(27)17-7-8-19(12-17)29-25(28)21-14-18-13-20(21)23-16-6-5-15(11-16)22(18)23/h5-6,15-23H,2-4,7-14H2,1H3. The number of esters is 2. The van der Waals surface area contributed by atoms with Gasteiger partial charge >= 0.3 is 11.9 Å². The molecule has 0 aromatic heterocycles. The molecule has 164 valence electrons. The second kappa shape index (κ2) is 7.10. The summed E-state index contributed by atoms with van der Waals surface area (Å²) >= 11 is 0. The minimum Gasteiger partial charge on any atom is -0.462 e. The summed E-state index contributed by atoms with van der Waals surface area (Å²) in [5, 5.41) is 0. The average molecular weight is 413 g/mol. The predicted octanol–water partition coefficient (Wildman–Crippen LogP) is 5.06. The molecule has 5 saturated carbocycles. The van der Waals surface area contributed by atoms with Gasteiger partial charge in [0.2, 0.25) is 0 Å². The van der Waals surface area contributed by atoms with Crippen LogP contribution in [0.1, 0.15) is 77.6 Å². The summed E-state index contributed by atoms with van der Waals surface area (Å²) in [4.78, 5) is 25.8. The van der Waals surface area contributed by atoms with Crippen molar-refractivity contribution in [3.8, 4) is 0 Å². The van der Waals surface area contributed by atoms with E-state index < -0.39 is 0 Å². The van der Waals surface area contributed by atoms with Gasteiger partial charge in [0.15, 0.2) is 0 Å². The second-order valence-electron chi connectivity index (χ2n) is 11.6. The molecule has 0 N–H and O–H groups in total. The minimum atomic E-state index is -0.279. The molecule has 0 saturated heterocycles. The van der Waals surface area contributed by atoms with Gasteiger partial charge in [-0.2, -0.15) is 0 Å². The Balaban J connectivity index is 1.03. The highest BCUT2D eigenvalue weighted by Gasteiger charge is 2.62. The smallest absolute Gasteiger partial charge is 0.309 e. The van der Waals surface area contributed by atoms with Gasteiger partial charge in [-0.3, -0.25) is 9.59 Å². The van der Waals surface area contributed by atoms with Gasteiger partial charge in [0.05, 0.1) is 11.8 Å². The first-order valence-electron chi connectivity index (χ1n) is 12.6. The van der Waals surface area contributed by atoms with Crippen molar-refractivity contribution >= 4 is 11.9 Å². The second-order valence-corrected chi connectivity index (χ2v) is 11.6. The molecule has 9 unspecified atom stereocenters. The molecular weight excluding hydrogens is 376 g/mol. The largest absolute Gasteiger partial charge is 0.462 e. The number of hydrogen-bond donors (Lipinski definition) is 0. The van der Waals surface area contributed by atoms with Crippen molar-refractivity contribution in [1.82, 2.24) is 0 Å². The van der Waals surface area contributed by atoms with Crippen molar-refractivity contribution in [1.29, 1.82) is 0 Å². The normalized spacial score (nSPS) is 47.4. The first-order chi connectivity index (χ1) is 14.5. The molecule has 4 bridgehead atoms. The number of carbonyl (C=O) groups excluding carboxylic acids is 2. The van der Waals surface area contributed by atoms with E-state index >= 15 is 0 Å². The Hall–Kier alpha value is -1.32. The molecule has 9 atom stereocenters. The Bertz CT molecular complexity index is 750. The lowest BCUT2D eigenvalue weighted by molar-refractivity contribution is -0.167. The maximum Gasteiger partial charge on any atom is 0.309 e. The van der Waals surface area contributed by atoms with Crippen LogP contribution in [0.15, 0.2) is 12.2 Å². The molecule has 0 radical (unpaired) electrons. The summed E-state index contributed by atoms with van der Waals surface area (Å²) in [7, 11) is 0. The summed E-state index contributed by atoms with van der Waals surface area (Å²) < 4.78 is 12.0. The maximum atomic E-state index is 13.1. The molecule has 5 fully saturated rings. The van der Waals surface area contributed by atoms with E-state index in [1.165, 1.54) is 19.3 Å². The quantitative estimate of drug-likeness (QED) is 0.368. The van der Waals surface area contributed by atoms with Crippen LogP contribution in [0.4, 0.5) is 0 Å². The Labute approximate surface area is 180 Å². The van der Waals surface area contributed by atoms with E-state index in [1.807, 2.05) is 0 Å². The van der Waals surface area contributed by atoms with E-state index in [2.05, 4.69) is 19.1 Å². The fourth-order valence-electron chi connectivity index (χ4n) is 8.53. The molecule has 4 heteroatoms. The van der Waals surface area contributed by atoms with E-state index in [0.717, 1.165) is 74.5 Å². The summed E-state index contributed by atoms with van der Waals surface area (Å²) in [6.45, 7) is 2.09. The molecule has 0 aromatic carbocycles. The number of rotatable bonds is 4. The zero-order valence-corrected chi connectivity index (χ0v) is 18.3. The number of allylic oxidation sites excluding steroid dienone is 2. The molecule has 0 aliphatic heterocycles. The topological polar surface area (TPSA) is 52.6 Å². The highest BCUT2D eigenvalue weighted by molar-refractivity contribution is 5.75. The van der Waals surface area contributed by atoms with Crippen LogP contribution in [-0.4, -0.2) is 23.6 Å². The van der Waals surface area contributed by atoms with Gasteiger partial charge in [0.1, 0.15) is 11.7 Å². The van der Waals surface area contributed by atoms with Crippen LogP contribution < -0.4 is 0 Å². The average Bonchev–Trinajstić information content (AvgIpc) is 3.53. The molecule has 4 nitrogen and oxygen atoms in total. The van der Waals surface area contributed by atoms with E-state index in [1.54, 1.807) is 0 Å². The van der Waals surface area contributed by atoms with Gasteiger partial charge in [-0.25, -0.2) is 0 Å². The number of fused-ring (bicyclic) bond motifs is 9. The van der Waals surface area contributed by atoms with Crippen molar-refractivity contribution < 1.29 is 19.1 Å². The first-order valence-corrected chi connectivity index (χ1v) is 12.6. The third kappa shape index (κ3) is 3.07. The fraction of sp³-hybridized carbons (Fsp3) is 0.846. The number of hydrogen-bond acceptors (Lipinski definition) is 4. The van der Waals surface area contributed by atoms with Crippen molar-refractivity contribution in [2.45, 2.75) is 89.3 Å². The van der Waals surface area contributed by atoms with Gasteiger partial charge in [-0.05, 0) is 107 Å². The molecule has 0 amide bonds. The lowest BCUT2D eigenvalue weighted by Crippen LogP contribution is -2.37. The molecule has 30 heavy (non-hydrogen) atoms. The van der Waals surface area contributed by atoms with Gasteiger partial charge in [-0.15, -0.1) is 0 Å². The van der Waals surface area contributed by atoms with Crippen LogP contribution in [0.2, 0.25) is 0 Å². The van der Waals surface area contributed by atoms with Crippen LogP contribution in [0.3, 0.4) is 0 Å². The summed E-state index contributed by atoms with van der Waals surface area (Å²) in [6, 6.07) is 0. The van der Waals surface area contributed by atoms with E-state index in [9.17, 15) is 9.59 Å². The van der Waals surface area contributed by atoms with Crippen LogP contribution in [0, 0.1) is 47.3 Å². The number of carbonyl (C=O) groups is 2. The van der Waals surface area contributed by atoms with Crippen LogP contribution >= 0.6 is 0 Å². The predicted molar refractivity (Wildman–Crippen MR) is 112 cm³/mol. The Morgan fingerprint density at radius 2 is 1.63 bits per heavy atom. The Morgan fingerprint density at radius 1 is 0.867 bits per heavy atom. The molecule has 6 aliphatic rings. The highest BCUT2D eigenvalue weighted by atomic mass is 16.6. The molecule has 6 rings (SSSR count). The van der Waals surface area contributed by atoms with Crippen molar-refractivity contribution in [3.05, 3.63) is 12.2 Å². The zero-order valence-electron chi connectivity index (χ0n) is 18.3. The van der Waals surface area contributed by atoms with Crippen molar-refractivity contribution in [2.75, 3.05) is 0 Å². The van der Waals surface area contributed by atoms with Gasteiger partial charge in [-0.1, -0.05) is 18.6 Å². The third-order valence-electron chi connectivity index (χ3n) is 9.83. The summed E-state index contributed by atoms with van der Waals surface area (Å²) in [5.74, 6) is 4.36. The van der Waals surface area contributed by atoms with Crippen molar-refractivity contribution in [3.63, 3.8) is 0 Å². The van der Waals surface area contributed by atoms with Crippen LogP contribution in [-0.2, 0) is 19.1 Å². The summed E-state index contributed by atoms with van der Waals surface area (Å²) in [6.07, 6.45) is 16.2. The molecule has 0 heterocycles. The van der Waals surface area contributed by atoms with Crippen LogP contribution in [0.25, 0.3) is 0 Å². The monoisotopic (exact) mass is 412 g/mol. The third-order valence-corrected chi connectivity index (χ3v) is 9.83. The van der Waals surface area contributed by atoms with E-state index in [4.69, 9.17) is 9.47 Å². The Kier molecular flexibility index (Phi) is 4.58. The lowest BCUT2D eigenvalue weighted by Gasteiger charge is -2.36. The Morgan fingerprint density at radius 3 is 2.43 bits per heavy atom. The fourth-order valence-corrected chi connectivity index (χ4v) is 8.53. The zero-order chi connectivity index (χ0) is 20.5. The van der Waals surface area contributed by atoms with E-state index in [-0.39, 0.29) is 35.5 Å². The minimum absolute atomic E-state index is 0.0333. The van der Waals surface area contributed by atoms with E-state index in [0.29, 0.717) is 12.3 Å². The number of ether oxygens (including phenoxy) is 2. The maximum absolute atomic E-state index is 13.1. The van der Waals surface area contributed by atoms with Crippen LogP contribution in [0.5, 0.6) is 0 Å². The molecule has 6 aliphatic carbocycles. The van der Waals surface area contributed by atoms with Gasteiger partial charge in [0, 0.05) is 0 Å².